The lowest BCUT2D eigenvalue weighted by Gasteiger charge is -2.22. The fourth-order valence-corrected chi connectivity index (χ4v) is 6.74. The number of carbonyl (C=O) groups excluding carboxylic acids is 1. The van der Waals surface area contributed by atoms with E-state index in [1.165, 1.54) is 70.6 Å². The molecule has 2 rings (SSSR count). The predicted molar refractivity (Wildman–Crippen MR) is 176 cm³/mol. The molecule has 6 atom stereocenters. The van der Waals surface area contributed by atoms with E-state index in [0.29, 0.717) is 6.42 Å². The standard InChI is InChI=1S/C37H68O6/c1-3-4-5-6-7-8-9-10-11-12-16-19-25-33(39)35-27-28-36(43-35)34(40)26-21-20-24-32(38)23-18-15-13-14-17-22-31-29-30(2)42-37(31)41/h29-30,32-36,38-40H,3-28H2,1-2H3. The number of rotatable bonds is 28. The smallest absolute Gasteiger partial charge is 0.334 e. The third-order valence-corrected chi connectivity index (χ3v) is 9.56. The summed E-state index contributed by atoms with van der Waals surface area (Å²) >= 11 is 0. The van der Waals surface area contributed by atoms with Gasteiger partial charge < -0.3 is 24.8 Å². The van der Waals surface area contributed by atoms with Gasteiger partial charge in [0.15, 0.2) is 0 Å². The summed E-state index contributed by atoms with van der Waals surface area (Å²) in [5.41, 5.74) is 0.829. The second kappa shape index (κ2) is 24.3. The van der Waals surface area contributed by atoms with Crippen LogP contribution in [0.5, 0.6) is 0 Å². The zero-order valence-corrected chi connectivity index (χ0v) is 28.0. The summed E-state index contributed by atoms with van der Waals surface area (Å²) in [4.78, 5) is 11.6. The zero-order chi connectivity index (χ0) is 31.1. The minimum Gasteiger partial charge on any atom is -0.455 e. The molecule has 1 fully saturated rings. The molecule has 0 amide bonds. The number of cyclic esters (lactones) is 1. The lowest BCUT2D eigenvalue weighted by atomic mass is 9.99. The average Bonchev–Trinajstić information content (AvgIpc) is 3.61. The van der Waals surface area contributed by atoms with Crippen molar-refractivity contribution in [1.29, 1.82) is 0 Å². The predicted octanol–water partition coefficient (Wildman–Crippen LogP) is 8.87. The number of hydrogen-bond acceptors (Lipinski definition) is 6. The molecule has 2 aliphatic heterocycles. The molecule has 0 aromatic heterocycles. The van der Waals surface area contributed by atoms with E-state index in [1.54, 1.807) is 0 Å². The molecule has 6 unspecified atom stereocenters. The lowest BCUT2D eigenvalue weighted by molar-refractivity contribution is -0.139. The molecule has 0 spiro atoms. The lowest BCUT2D eigenvalue weighted by Crippen LogP contribution is -2.31. The van der Waals surface area contributed by atoms with Crippen LogP contribution < -0.4 is 0 Å². The highest BCUT2D eigenvalue weighted by molar-refractivity contribution is 5.90. The van der Waals surface area contributed by atoms with Crippen molar-refractivity contribution in [3.63, 3.8) is 0 Å². The summed E-state index contributed by atoms with van der Waals surface area (Å²) in [6.45, 7) is 4.16. The first-order valence-corrected chi connectivity index (χ1v) is 18.5. The van der Waals surface area contributed by atoms with E-state index in [2.05, 4.69) is 6.92 Å². The Hall–Kier alpha value is -0.950. The quantitative estimate of drug-likeness (QED) is 0.0606. The van der Waals surface area contributed by atoms with Crippen LogP contribution in [0, 0.1) is 0 Å². The third kappa shape index (κ3) is 18.0. The molecule has 0 aromatic rings. The van der Waals surface area contributed by atoms with Crippen molar-refractivity contribution in [3.05, 3.63) is 11.6 Å². The van der Waals surface area contributed by atoms with Crippen LogP contribution in [0.1, 0.15) is 181 Å². The number of hydrogen-bond donors (Lipinski definition) is 3. The van der Waals surface area contributed by atoms with Crippen LogP contribution in [0.2, 0.25) is 0 Å². The zero-order valence-electron chi connectivity index (χ0n) is 28.0. The molecule has 0 radical (unpaired) electrons. The van der Waals surface area contributed by atoms with Crippen LogP contribution >= 0.6 is 0 Å². The molecule has 2 heterocycles. The van der Waals surface area contributed by atoms with E-state index in [-0.39, 0.29) is 30.4 Å². The van der Waals surface area contributed by atoms with Crippen LogP contribution in [-0.2, 0) is 14.3 Å². The Labute approximate surface area is 264 Å². The molecule has 3 N–H and O–H groups in total. The Morgan fingerprint density at radius 1 is 0.651 bits per heavy atom. The molecule has 0 aliphatic carbocycles. The second-order valence-electron chi connectivity index (χ2n) is 13.6. The molecule has 0 saturated carbocycles. The molecule has 6 nitrogen and oxygen atoms in total. The summed E-state index contributed by atoms with van der Waals surface area (Å²) < 4.78 is 11.2. The first-order chi connectivity index (χ1) is 20.9. The topological polar surface area (TPSA) is 96.2 Å². The molecule has 0 bridgehead atoms. The molecule has 0 aromatic carbocycles. The van der Waals surface area contributed by atoms with Crippen molar-refractivity contribution in [1.82, 2.24) is 0 Å². The normalized spacial score (nSPS) is 22.5. The van der Waals surface area contributed by atoms with E-state index in [4.69, 9.17) is 9.47 Å². The highest BCUT2D eigenvalue weighted by Crippen LogP contribution is 2.28. The number of aliphatic hydroxyl groups excluding tert-OH is 3. The van der Waals surface area contributed by atoms with E-state index in [1.807, 2.05) is 13.0 Å². The third-order valence-electron chi connectivity index (χ3n) is 9.56. The Morgan fingerprint density at radius 2 is 1.07 bits per heavy atom. The summed E-state index contributed by atoms with van der Waals surface area (Å²) in [5.74, 6) is -0.151. The minimum atomic E-state index is -0.481. The van der Waals surface area contributed by atoms with Crippen molar-refractivity contribution in [2.24, 2.45) is 0 Å². The molecular weight excluding hydrogens is 540 g/mol. The van der Waals surface area contributed by atoms with Gasteiger partial charge in [-0.1, -0.05) is 122 Å². The highest BCUT2D eigenvalue weighted by atomic mass is 16.5. The maximum absolute atomic E-state index is 11.6. The van der Waals surface area contributed by atoms with Gasteiger partial charge in [0, 0.05) is 5.57 Å². The van der Waals surface area contributed by atoms with Crippen molar-refractivity contribution in [2.75, 3.05) is 0 Å². The van der Waals surface area contributed by atoms with Crippen molar-refractivity contribution < 1.29 is 29.6 Å². The maximum atomic E-state index is 11.6. The number of carbonyl (C=O) groups is 1. The van der Waals surface area contributed by atoms with Crippen LogP contribution in [0.4, 0.5) is 0 Å². The van der Waals surface area contributed by atoms with E-state index < -0.39 is 12.2 Å². The monoisotopic (exact) mass is 609 g/mol. The molecule has 6 heteroatoms. The second-order valence-corrected chi connectivity index (χ2v) is 13.6. The summed E-state index contributed by atoms with van der Waals surface area (Å²) in [6.07, 6.45) is 29.1. The van der Waals surface area contributed by atoms with E-state index >= 15 is 0 Å². The van der Waals surface area contributed by atoms with Gasteiger partial charge in [-0.3, -0.25) is 0 Å². The fraction of sp³-hybridized carbons (Fsp3) is 0.919. The first-order valence-electron chi connectivity index (χ1n) is 18.5. The minimum absolute atomic E-state index is 0.0756. The summed E-state index contributed by atoms with van der Waals surface area (Å²) in [7, 11) is 0. The highest BCUT2D eigenvalue weighted by Gasteiger charge is 2.34. The largest absolute Gasteiger partial charge is 0.455 e. The number of esters is 1. The Balaban J connectivity index is 1.37. The Bertz CT molecular complexity index is 724. The Kier molecular flexibility index (Phi) is 21.6. The van der Waals surface area contributed by atoms with Gasteiger partial charge in [0.2, 0.25) is 0 Å². The van der Waals surface area contributed by atoms with Crippen LogP contribution in [0.15, 0.2) is 11.6 Å². The number of ether oxygens (including phenoxy) is 2. The molecule has 252 valence electrons. The van der Waals surface area contributed by atoms with Crippen LogP contribution in [0.25, 0.3) is 0 Å². The fourth-order valence-electron chi connectivity index (χ4n) is 6.74. The van der Waals surface area contributed by atoms with Gasteiger partial charge in [-0.05, 0) is 64.4 Å². The summed E-state index contributed by atoms with van der Waals surface area (Å²) in [5, 5.41) is 31.6. The summed E-state index contributed by atoms with van der Waals surface area (Å²) in [6, 6.07) is 0. The van der Waals surface area contributed by atoms with Crippen molar-refractivity contribution in [3.8, 4) is 0 Å². The number of unbranched alkanes of at least 4 members (excludes halogenated alkanes) is 16. The molecule has 2 aliphatic rings. The van der Waals surface area contributed by atoms with Gasteiger partial charge in [0.05, 0.1) is 30.5 Å². The number of aliphatic hydroxyl groups is 3. The van der Waals surface area contributed by atoms with Gasteiger partial charge >= 0.3 is 5.97 Å². The van der Waals surface area contributed by atoms with Crippen LogP contribution in [-0.4, -0.2) is 57.9 Å². The van der Waals surface area contributed by atoms with E-state index in [0.717, 1.165) is 95.5 Å². The SMILES string of the molecule is CCCCCCCCCCCCCCC(O)C1CCC(C(O)CCCCC(O)CCCCCCCC2=CC(C)OC2=O)O1. The molecule has 43 heavy (non-hydrogen) atoms. The van der Waals surface area contributed by atoms with Gasteiger partial charge in [0.1, 0.15) is 6.10 Å². The molecular formula is C37H68O6. The van der Waals surface area contributed by atoms with E-state index in [9.17, 15) is 20.1 Å². The van der Waals surface area contributed by atoms with Gasteiger partial charge in [-0.2, -0.15) is 0 Å². The van der Waals surface area contributed by atoms with Crippen molar-refractivity contribution in [2.45, 2.75) is 217 Å². The van der Waals surface area contributed by atoms with Crippen LogP contribution in [0.3, 0.4) is 0 Å². The van der Waals surface area contributed by atoms with Gasteiger partial charge in [0.25, 0.3) is 0 Å². The van der Waals surface area contributed by atoms with Crippen molar-refractivity contribution >= 4 is 5.97 Å². The van der Waals surface area contributed by atoms with Gasteiger partial charge in [-0.25, -0.2) is 4.79 Å². The molecule has 1 saturated heterocycles. The average molecular weight is 609 g/mol. The first kappa shape index (κ1) is 38.2. The Morgan fingerprint density at radius 3 is 1.56 bits per heavy atom. The van der Waals surface area contributed by atoms with Gasteiger partial charge in [-0.15, -0.1) is 0 Å². The maximum Gasteiger partial charge on any atom is 0.334 e.